The van der Waals surface area contributed by atoms with Gasteiger partial charge in [0.1, 0.15) is 5.75 Å². The van der Waals surface area contributed by atoms with Gasteiger partial charge in [0.2, 0.25) is 0 Å². The number of ether oxygens (including phenoxy) is 1. The van der Waals surface area contributed by atoms with Crippen molar-refractivity contribution in [1.82, 2.24) is 0 Å². The third kappa shape index (κ3) is 5.27. The summed E-state index contributed by atoms with van der Waals surface area (Å²) in [6.45, 7) is 8.81. The molecule has 1 rings (SSSR count). The molecule has 1 aromatic rings. The Balaban J connectivity index is 2.89. The molecule has 0 aliphatic rings. The molecular formula is C16H24BrClO2. The first-order valence-electron chi connectivity index (χ1n) is 6.85. The fourth-order valence-electron chi connectivity index (χ4n) is 2.68. The summed E-state index contributed by atoms with van der Waals surface area (Å²) in [6, 6.07) is 3.55. The molecule has 0 radical (unpaired) electrons. The van der Waals surface area contributed by atoms with E-state index in [0.717, 1.165) is 16.5 Å². The molecule has 0 bridgehead atoms. The quantitative estimate of drug-likeness (QED) is 0.737. The minimum absolute atomic E-state index is 0.262. The Hall–Kier alpha value is -0.250. The van der Waals surface area contributed by atoms with Crippen LogP contribution in [0, 0.1) is 11.3 Å². The summed E-state index contributed by atoms with van der Waals surface area (Å²) in [5.41, 5.74) is 1.01. The lowest BCUT2D eigenvalue weighted by molar-refractivity contribution is 0.131. The summed E-state index contributed by atoms with van der Waals surface area (Å²) in [7, 11) is 1.60. The number of hydrogen-bond acceptors (Lipinski definition) is 2. The number of benzene rings is 1. The summed E-state index contributed by atoms with van der Waals surface area (Å²) in [6.07, 6.45) is 1.19. The molecule has 0 saturated carbocycles. The molecule has 1 N–H and O–H groups in total. The maximum absolute atomic E-state index is 10.5. The van der Waals surface area contributed by atoms with Gasteiger partial charge in [-0.2, -0.15) is 0 Å². The molecule has 0 saturated heterocycles. The fraction of sp³-hybridized carbons (Fsp3) is 0.625. The van der Waals surface area contributed by atoms with Crippen LogP contribution in [0.2, 0.25) is 5.02 Å². The molecule has 2 nitrogen and oxygen atoms in total. The van der Waals surface area contributed by atoms with Gasteiger partial charge < -0.3 is 9.84 Å². The van der Waals surface area contributed by atoms with Crippen LogP contribution >= 0.6 is 27.5 Å². The van der Waals surface area contributed by atoms with E-state index in [1.54, 1.807) is 19.2 Å². The van der Waals surface area contributed by atoms with Crippen molar-refractivity contribution in [3.05, 3.63) is 27.2 Å². The molecule has 114 valence electrons. The van der Waals surface area contributed by atoms with Crippen LogP contribution in [0.3, 0.4) is 0 Å². The van der Waals surface area contributed by atoms with Crippen molar-refractivity contribution in [1.29, 1.82) is 0 Å². The summed E-state index contributed by atoms with van der Waals surface area (Å²) in [5, 5.41) is 11.1. The van der Waals surface area contributed by atoms with Crippen LogP contribution in [0.5, 0.6) is 5.75 Å². The molecule has 4 heteroatoms. The van der Waals surface area contributed by atoms with Crippen molar-refractivity contribution in [2.75, 3.05) is 7.11 Å². The van der Waals surface area contributed by atoms with Gasteiger partial charge in [-0.25, -0.2) is 0 Å². The average Bonchev–Trinajstić information content (AvgIpc) is 2.24. The van der Waals surface area contributed by atoms with Crippen LogP contribution in [-0.2, 0) is 0 Å². The van der Waals surface area contributed by atoms with E-state index in [9.17, 15) is 5.11 Å². The summed E-state index contributed by atoms with van der Waals surface area (Å²) >= 11 is 9.49. The van der Waals surface area contributed by atoms with Crippen LogP contribution in [0.4, 0.5) is 0 Å². The van der Waals surface area contributed by atoms with Gasteiger partial charge in [-0.1, -0.05) is 39.3 Å². The average molecular weight is 364 g/mol. The highest BCUT2D eigenvalue weighted by Crippen LogP contribution is 2.39. The SMILES string of the molecule is COc1c(Br)cc(Cl)cc1C(O)CC(C)CC(C)(C)C. The van der Waals surface area contributed by atoms with E-state index in [4.69, 9.17) is 16.3 Å². The largest absolute Gasteiger partial charge is 0.495 e. The smallest absolute Gasteiger partial charge is 0.138 e. The highest BCUT2D eigenvalue weighted by molar-refractivity contribution is 9.10. The minimum Gasteiger partial charge on any atom is -0.495 e. The monoisotopic (exact) mass is 362 g/mol. The second-order valence-electron chi connectivity index (χ2n) is 6.63. The Morgan fingerprint density at radius 2 is 1.95 bits per heavy atom. The molecule has 0 aromatic heterocycles. The molecule has 0 spiro atoms. The first kappa shape index (κ1) is 17.8. The van der Waals surface area contributed by atoms with Crippen LogP contribution in [0.25, 0.3) is 0 Å². The Morgan fingerprint density at radius 3 is 2.45 bits per heavy atom. The van der Waals surface area contributed by atoms with E-state index in [1.807, 2.05) is 0 Å². The number of rotatable bonds is 5. The third-order valence-corrected chi connectivity index (χ3v) is 3.99. The molecule has 2 unspecified atom stereocenters. The lowest BCUT2D eigenvalue weighted by Crippen LogP contribution is -2.14. The molecule has 20 heavy (non-hydrogen) atoms. The lowest BCUT2D eigenvalue weighted by Gasteiger charge is -2.25. The van der Waals surface area contributed by atoms with Crippen LogP contribution in [0.15, 0.2) is 16.6 Å². The maximum atomic E-state index is 10.5. The van der Waals surface area contributed by atoms with Crippen molar-refractivity contribution >= 4 is 27.5 Å². The van der Waals surface area contributed by atoms with Gasteiger partial charge >= 0.3 is 0 Å². The van der Waals surface area contributed by atoms with Gasteiger partial charge in [0, 0.05) is 10.6 Å². The zero-order chi connectivity index (χ0) is 15.5. The van der Waals surface area contributed by atoms with E-state index in [1.165, 1.54) is 0 Å². The number of aliphatic hydroxyl groups excluding tert-OH is 1. The molecule has 0 aliphatic carbocycles. The Bertz CT molecular complexity index is 455. The van der Waals surface area contributed by atoms with Crippen molar-refractivity contribution in [3.8, 4) is 5.75 Å². The van der Waals surface area contributed by atoms with Crippen molar-refractivity contribution in [2.45, 2.75) is 46.6 Å². The maximum Gasteiger partial charge on any atom is 0.138 e. The van der Waals surface area contributed by atoms with E-state index in [2.05, 4.69) is 43.6 Å². The molecule has 2 atom stereocenters. The first-order chi connectivity index (χ1) is 9.14. The highest BCUT2D eigenvalue weighted by atomic mass is 79.9. The fourth-order valence-corrected chi connectivity index (χ4v) is 3.68. The van der Waals surface area contributed by atoms with Crippen molar-refractivity contribution in [3.63, 3.8) is 0 Å². The van der Waals surface area contributed by atoms with E-state index >= 15 is 0 Å². The molecule has 0 amide bonds. The van der Waals surface area contributed by atoms with Gasteiger partial charge in [-0.05, 0) is 52.2 Å². The van der Waals surface area contributed by atoms with E-state index in [0.29, 0.717) is 23.1 Å². The van der Waals surface area contributed by atoms with Gasteiger partial charge in [0.25, 0.3) is 0 Å². The predicted molar refractivity (Wildman–Crippen MR) is 88.5 cm³/mol. The van der Waals surface area contributed by atoms with Crippen LogP contribution in [-0.4, -0.2) is 12.2 Å². The molecular weight excluding hydrogens is 340 g/mol. The summed E-state index contributed by atoms with van der Waals surface area (Å²) < 4.78 is 6.14. The second-order valence-corrected chi connectivity index (χ2v) is 7.92. The Labute approximate surface area is 135 Å². The van der Waals surface area contributed by atoms with E-state index in [-0.39, 0.29) is 5.41 Å². The Kier molecular flexibility index (Phi) is 6.36. The summed E-state index contributed by atoms with van der Waals surface area (Å²) in [5.74, 6) is 1.08. The Morgan fingerprint density at radius 1 is 1.35 bits per heavy atom. The normalized spacial score (nSPS) is 15.0. The number of halogens is 2. The van der Waals surface area contributed by atoms with Gasteiger partial charge in [0.15, 0.2) is 0 Å². The molecule has 1 aromatic carbocycles. The minimum atomic E-state index is -0.572. The zero-order valence-corrected chi connectivity index (χ0v) is 15.2. The lowest BCUT2D eigenvalue weighted by atomic mass is 9.82. The molecule has 0 heterocycles. The van der Waals surface area contributed by atoms with Crippen molar-refractivity contribution < 1.29 is 9.84 Å². The number of aliphatic hydroxyl groups is 1. The molecule has 0 aliphatic heterocycles. The topological polar surface area (TPSA) is 29.5 Å². The van der Waals surface area contributed by atoms with Gasteiger partial charge in [-0.15, -0.1) is 0 Å². The standard InChI is InChI=1S/C16H24BrClO2/c1-10(9-16(2,3)4)6-14(19)12-7-11(18)8-13(17)15(12)20-5/h7-8,10,14,19H,6,9H2,1-5H3. The second kappa shape index (κ2) is 7.15. The van der Waals surface area contributed by atoms with Crippen LogP contribution in [0.1, 0.15) is 52.2 Å². The van der Waals surface area contributed by atoms with Crippen molar-refractivity contribution in [2.24, 2.45) is 11.3 Å². The molecule has 0 fully saturated rings. The summed E-state index contributed by atoms with van der Waals surface area (Å²) in [4.78, 5) is 0. The zero-order valence-electron chi connectivity index (χ0n) is 12.8. The first-order valence-corrected chi connectivity index (χ1v) is 8.02. The van der Waals surface area contributed by atoms with E-state index < -0.39 is 6.10 Å². The highest BCUT2D eigenvalue weighted by Gasteiger charge is 2.22. The number of methoxy groups -OCH3 is 1. The van der Waals surface area contributed by atoms with Gasteiger partial charge in [0.05, 0.1) is 17.7 Å². The van der Waals surface area contributed by atoms with Crippen LogP contribution < -0.4 is 4.74 Å². The van der Waals surface area contributed by atoms with Gasteiger partial charge in [-0.3, -0.25) is 0 Å². The third-order valence-electron chi connectivity index (χ3n) is 3.19. The number of hydrogen-bond donors (Lipinski definition) is 1. The predicted octanol–water partition coefficient (Wildman–Crippen LogP) is 5.61.